The van der Waals surface area contributed by atoms with Crippen LogP contribution in [0.15, 0.2) is 48.8 Å². The Morgan fingerprint density at radius 3 is 2.60 bits per heavy atom. The van der Waals surface area contributed by atoms with Gasteiger partial charge in [0.05, 0.1) is 37.2 Å². The fourth-order valence-corrected chi connectivity index (χ4v) is 4.11. The molecule has 1 aromatic carbocycles. The number of carbonyl (C=O) groups excluding carboxylic acids is 1. The van der Waals surface area contributed by atoms with Crippen molar-refractivity contribution in [3.63, 3.8) is 0 Å². The second kappa shape index (κ2) is 12.2. The molecule has 0 radical (unpaired) electrons. The number of aryl methyl sites for hydroxylation is 1. The number of ether oxygens (including phenoxy) is 2. The molecule has 0 spiro atoms. The van der Waals surface area contributed by atoms with E-state index < -0.39 is 29.8 Å². The Kier molecular flexibility index (Phi) is 8.73. The molecule has 1 fully saturated rings. The van der Waals surface area contributed by atoms with Crippen LogP contribution in [0.25, 0.3) is 11.1 Å². The molecule has 3 heterocycles. The SMILES string of the molecule is Cc1ncc(NC(=O)c2cccc(C(F)(F)F)c2)cc1-c1cnc(OC(C)CNC(=O)O)c(N2CCOCC2)c1. The van der Waals surface area contributed by atoms with E-state index in [1.54, 1.807) is 26.1 Å². The summed E-state index contributed by atoms with van der Waals surface area (Å²) in [5, 5.41) is 13.8. The summed E-state index contributed by atoms with van der Waals surface area (Å²) in [5.41, 5.74) is 1.88. The number of halogens is 3. The van der Waals surface area contributed by atoms with Crippen molar-refractivity contribution >= 4 is 23.4 Å². The largest absolute Gasteiger partial charge is 0.471 e. The monoisotopic (exact) mass is 559 g/mol. The van der Waals surface area contributed by atoms with Crippen molar-refractivity contribution < 1.29 is 37.3 Å². The van der Waals surface area contributed by atoms with Gasteiger partial charge >= 0.3 is 12.3 Å². The predicted molar refractivity (Wildman–Crippen MR) is 141 cm³/mol. The highest BCUT2D eigenvalue weighted by Crippen LogP contribution is 2.34. The fourth-order valence-electron chi connectivity index (χ4n) is 4.11. The van der Waals surface area contributed by atoms with E-state index in [1.165, 1.54) is 18.3 Å². The second-order valence-electron chi connectivity index (χ2n) is 9.15. The third-order valence-corrected chi connectivity index (χ3v) is 6.15. The van der Waals surface area contributed by atoms with Gasteiger partial charge in [0.15, 0.2) is 0 Å². The number of hydrogen-bond donors (Lipinski definition) is 3. The highest BCUT2D eigenvalue weighted by atomic mass is 19.4. The number of alkyl halides is 3. The average Bonchev–Trinajstić information content (AvgIpc) is 2.93. The van der Waals surface area contributed by atoms with E-state index in [-0.39, 0.29) is 12.1 Å². The van der Waals surface area contributed by atoms with E-state index in [1.807, 2.05) is 6.07 Å². The lowest BCUT2D eigenvalue weighted by Crippen LogP contribution is -2.37. The number of amides is 2. The summed E-state index contributed by atoms with van der Waals surface area (Å²) in [6.07, 6.45) is -3.21. The van der Waals surface area contributed by atoms with Crippen LogP contribution in [0, 0.1) is 6.92 Å². The number of aromatic nitrogens is 2. The quantitative estimate of drug-likeness (QED) is 0.366. The lowest BCUT2D eigenvalue weighted by Gasteiger charge is -2.30. The van der Waals surface area contributed by atoms with Crippen LogP contribution in [0.1, 0.15) is 28.5 Å². The van der Waals surface area contributed by atoms with Crippen LogP contribution < -0.4 is 20.3 Å². The Morgan fingerprint density at radius 1 is 1.15 bits per heavy atom. The van der Waals surface area contributed by atoms with E-state index in [4.69, 9.17) is 14.6 Å². The molecule has 3 N–H and O–H groups in total. The first kappa shape index (κ1) is 28.6. The minimum absolute atomic E-state index is 0.0674. The number of benzene rings is 1. The lowest BCUT2D eigenvalue weighted by molar-refractivity contribution is -0.137. The fraction of sp³-hybridized carbons (Fsp3) is 0.333. The predicted octanol–water partition coefficient (Wildman–Crippen LogP) is 4.59. The van der Waals surface area contributed by atoms with Crippen LogP contribution in [0.4, 0.5) is 29.3 Å². The van der Waals surface area contributed by atoms with E-state index in [0.29, 0.717) is 60.4 Å². The van der Waals surface area contributed by atoms with Gasteiger partial charge in [-0.3, -0.25) is 9.78 Å². The third-order valence-electron chi connectivity index (χ3n) is 6.15. The smallest absolute Gasteiger partial charge is 0.416 e. The Morgan fingerprint density at radius 2 is 1.90 bits per heavy atom. The zero-order valence-corrected chi connectivity index (χ0v) is 21.8. The van der Waals surface area contributed by atoms with Gasteiger partial charge in [-0.05, 0) is 44.2 Å². The molecule has 1 unspecified atom stereocenters. The Labute approximate surface area is 228 Å². The van der Waals surface area contributed by atoms with Crippen molar-refractivity contribution in [2.24, 2.45) is 0 Å². The van der Waals surface area contributed by atoms with Gasteiger partial charge in [-0.2, -0.15) is 13.2 Å². The first-order chi connectivity index (χ1) is 19.0. The average molecular weight is 560 g/mol. The van der Waals surface area contributed by atoms with Crippen molar-refractivity contribution in [2.45, 2.75) is 26.1 Å². The molecule has 1 aliphatic rings. The Bertz CT molecular complexity index is 1380. The molecule has 3 aromatic rings. The number of carboxylic acid groups (broad SMARTS) is 1. The van der Waals surface area contributed by atoms with Gasteiger partial charge < -0.3 is 30.1 Å². The summed E-state index contributed by atoms with van der Waals surface area (Å²) in [6, 6.07) is 7.72. The molecule has 1 atom stereocenters. The van der Waals surface area contributed by atoms with E-state index in [2.05, 4.69) is 25.5 Å². The number of anilines is 2. The van der Waals surface area contributed by atoms with Crippen molar-refractivity contribution in [1.82, 2.24) is 15.3 Å². The maximum Gasteiger partial charge on any atom is 0.416 e. The first-order valence-electron chi connectivity index (χ1n) is 12.4. The molecular formula is C27H28F3N5O5. The molecule has 1 saturated heterocycles. The number of pyridine rings is 2. The molecule has 4 rings (SSSR count). The van der Waals surface area contributed by atoms with Crippen LogP contribution >= 0.6 is 0 Å². The van der Waals surface area contributed by atoms with E-state index in [0.717, 1.165) is 12.1 Å². The van der Waals surface area contributed by atoms with Gasteiger partial charge in [0.1, 0.15) is 11.8 Å². The van der Waals surface area contributed by atoms with Crippen LogP contribution in [-0.2, 0) is 10.9 Å². The molecule has 0 saturated carbocycles. The molecule has 13 heteroatoms. The molecule has 212 valence electrons. The normalized spacial score (nSPS) is 14.4. The maximum absolute atomic E-state index is 13.1. The third kappa shape index (κ3) is 7.17. The summed E-state index contributed by atoms with van der Waals surface area (Å²) in [7, 11) is 0. The zero-order valence-electron chi connectivity index (χ0n) is 21.8. The summed E-state index contributed by atoms with van der Waals surface area (Å²) >= 11 is 0. The molecule has 0 bridgehead atoms. The zero-order chi connectivity index (χ0) is 28.9. The van der Waals surface area contributed by atoms with Gasteiger partial charge in [-0.25, -0.2) is 9.78 Å². The van der Waals surface area contributed by atoms with Crippen LogP contribution in [0.5, 0.6) is 5.88 Å². The molecule has 2 amide bonds. The number of nitrogens with zero attached hydrogens (tertiary/aromatic N) is 3. The van der Waals surface area contributed by atoms with Crippen LogP contribution in [0.3, 0.4) is 0 Å². The van der Waals surface area contributed by atoms with Gasteiger partial charge in [-0.15, -0.1) is 0 Å². The van der Waals surface area contributed by atoms with Crippen LogP contribution in [0.2, 0.25) is 0 Å². The Hall–Kier alpha value is -4.39. The molecule has 1 aliphatic heterocycles. The number of rotatable bonds is 8. The number of nitrogens with one attached hydrogen (secondary N) is 2. The first-order valence-corrected chi connectivity index (χ1v) is 12.4. The number of carbonyl (C=O) groups is 2. The van der Waals surface area contributed by atoms with E-state index in [9.17, 15) is 22.8 Å². The number of morpholine rings is 1. The summed E-state index contributed by atoms with van der Waals surface area (Å²) in [5.74, 6) is -0.382. The Balaban J connectivity index is 1.61. The number of hydrogen-bond acceptors (Lipinski definition) is 7. The summed E-state index contributed by atoms with van der Waals surface area (Å²) in [4.78, 5) is 34.5. The van der Waals surface area contributed by atoms with Gasteiger partial charge in [0, 0.05) is 41.7 Å². The van der Waals surface area contributed by atoms with Gasteiger partial charge in [-0.1, -0.05) is 6.07 Å². The topological polar surface area (TPSA) is 126 Å². The molecule has 40 heavy (non-hydrogen) atoms. The second-order valence-corrected chi connectivity index (χ2v) is 9.15. The highest BCUT2D eigenvalue weighted by Gasteiger charge is 2.31. The van der Waals surface area contributed by atoms with Crippen LogP contribution in [-0.4, -0.2) is 66.0 Å². The highest BCUT2D eigenvalue weighted by molar-refractivity contribution is 6.04. The minimum Gasteiger partial charge on any atom is -0.471 e. The van der Waals surface area contributed by atoms with Gasteiger partial charge in [0.2, 0.25) is 5.88 Å². The summed E-state index contributed by atoms with van der Waals surface area (Å²) < 4.78 is 50.7. The minimum atomic E-state index is -4.57. The molecule has 10 nitrogen and oxygen atoms in total. The summed E-state index contributed by atoms with van der Waals surface area (Å²) in [6.45, 7) is 5.78. The van der Waals surface area contributed by atoms with Crippen molar-refractivity contribution in [3.8, 4) is 17.0 Å². The van der Waals surface area contributed by atoms with Crippen molar-refractivity contribution in [3.05, 3.63) is 65.6 Å². The molecule has 0 aliphatic carbocycles. The van der Waals surface area contributed by atoms with Crippen molar-refractivity contribution in [1.29, 1.82) is 0 Å². The maximum atomic E-state index is 13.1. The van der Waals surface area contributed by atoms with Gasteiger partial charge in [0.25, 0.3) is 5.91 Å². The lowest BCUT2D eigenvalue weighted by atomic mass is 10.0. The standard InChI is InChI=1S/C27H28F3N5O5/c1-16(13-33-26(37)38)40-25-23(35-6-8-39-9-7-35)11-19(14-32-25)22-12-21(15-31-17(22)2)34-24(36)18-4-3-5-20(10-18)27(28,29)30/h3-5,10-12,14-16,33H,6-9,13H2,1-2H3,(H,34,36)(H,37,38). The molecular weight excluding hydrogens is 531 g/mol. The molecule has 2 aromatic heterocycles. The van der Waals surface area contributed by atoms with E-state index >= 15 is 0 Å². The van der Waals surface area contributed by atoms with Crippen molar-refractivity contribution in [2.75, 3.05) is 43.1 Å².